The van der Waals surface area contributed by atoms with Gasteiger partial charge in [0.05, 0.1) is 11.8 Å². The van der Waals surface area contributed by atoms with E-state index in [2.05, 4.69) is 0 Å². The van der Waals surface area contributed by atoms with Gasteiger partial charge in [0.1, 0.15) is 17.5 Å². The standard InChI is InChI=1S/C9H5ClF6/c10-5(3-9(14,15)16)8-6(12)1-4(11)2-7(8)13/h1-2,5H,3H2. The summed E-state index contributed by atoms with van der Waals surface area (Å²) in [6.07, 6.45) is -6.24. The van der Waals surface area contributed by atoms with Crippen molar-refractivity contribution in [3.05, 3.63) is 35.1 Å². The SMILES string of the molecule is Fc1cc(F)c(C(Cl)CC(F)(F)F)c(F)c1. The van der Waals surface area contributed by atoms with Crippen molar-refractivity contribution in [1.82, 2.24) is 0 Å². The highest BCUT2D eigenvalue weighted by Gasteiger charge is 2.34. The molecule has 1 aromatic rings. The van der Waals surface area contributed by atoms with Crippen LogP contribution in [0, 0.1) is 17.5 Å². The van der Waals surface area contributed by atoms with Crippen LogP contribution >= 0.6 is 11.6 Å². The molecule has 0 aliphatic heterocycles. The molecule has 0 N–H and O–H groups in total. The third-order valence-corrected chi connectivity index (χ3v) is 2.14. The molecule has 0 amide bonds. The van der Waals surface area contributed by atoms with Crippen molar-refractivity contribution in [2.45, 2.75) is 18.0 Å². The maximum atomic E-state index is 13.0. The average Bonchev–Trinajstić information content (AvgIpc) is 1.96. The maximum Gasteiger partial charge on any atom is 0.390 e. The van der Waals surface area contributed by atoms with Gasteiger partial charge in [0.15, 0.2) is 0 Å². The van der Waals surface area contributed by atoms with Gasteiger partial charge in [-0.2, -0.15) is 13.2 Å². The van der Waals surface area contributed by atoms with Crippen LogP contribution in [0.1, 0.15) is 17.4 Å². The molecule has 0 aromatic heterocycles. The predicted octanol–water partition coefficient (Wildman–Crippen LogP) is 4.34. The summed E-state index contributed by atoms with van der Waals surface area (Å²) in [5.41, 5.74) is -0.972. The minimum absolute atomic E-state index is 0.282. The number of halogens is 7. The van der Waals surface area contributed by atoms with E-state index in [1.54, 1.807) is 0 Å². The average molecular weight is 263 g/mol. The summed E-state index contributed by atoms with van der Waals surface area (Å²) in [6.45, 7) is 0. The quantitative estimate of drug-likeness (QED) is 0.549. The Kier molecular flexibility index (Phi) is 3.72. The molecule has 1 unspecified atom stereocenters. The molecule has 1 atom stereocenters. The molecule has 16 heavy (non-hydrogen) atoms. The summed E-state index contributed by atoms with van der Waals surface area (Å²) in [5, 5.41) is -1.92. The molecule has 0 radical (unpaired) electrons. The molecule has 1 rings (SSSR count). The van der Waals surface area contributed by atoms with Gasteiger partial charge in [-0.15, -0.1) is 11.6 Å². The van der Waals surface area contributed by atoms with Gasteiger partial charge in [0.25, 0.3) is 0 Å². The molecule has 0 saturated carbocycles. The molecule has 0 bridgehead atoms. The van der Waals surface area contributed by atoms with E-state index in [1.165, 1.54) is 0 Å². The fourth-order valence-electron chi connectivity index (χ4n) is 1.16. The summed E-state index contributed by atoms with van der Waals surface area (Å²) < 4.78 is 74.3. The first kappa shape index (κ1) is 13.2. The van der Waals surface area contributed by atoms with Gasteiger partial charge in [-0.05, 0) is 0 Å². The molecule has 1 aromatic carbocycles. The normalized spacial score (nSPS) is 13.9. The number of hydrogen-bond donors (Lipinski definition) is 0. The number of hydrogen-bond acceptors (Lipinski definition) is 0. The van der Waals surface area contributed by atoms with Crippen molar-refractivity contribution in [3.8, 4) is 0 Å². The Hall–Kier alpha value is -0.910. The lowest BCUT2D eigenvalue weighted by atomic mass is 10.1. The van der Waals surface area contributed by atoms with Crippen molar-refractivity contribution in [1.29, 1.82) is 0 Å². The topological polar surface area (TPSA) is 0 Å². The third kappa shape index (κ3) is 3.30. The highest BCUT2D eigenvalue weighted by molar-refractivity contribution is 6.20. The Bertz CT molecular complexity index is 363. The van der Waals surface area contributed by atoms with E-state index in [-0.39, 0.29) is 12.1 Å². The lowest BCUT2D eigenvalue weighted by Gasteiger charge is -2.14. The molecular weight excluding hydrogens is 258 g/mol. The zero-order valence-electron chi connectivity index (χ0n) is 7.58. The van der Waals surface area contributed by atoms with Crippen LogP contribution in [0.4, 0.5) is 26.3 Å². The van der Waals surface area contributed by atoms with Crippen LogP contribution in [0.5, 0.6) is 0 Å². The number of benzene rings is 1. The molecule has 0 heterocycles. The lowest BCUT2D eigenvalue weighted by Crippen LogP contribution is -2.13. The van der Waals surface area contributed by atoms with Crippen molar-refractivity contribution in [2.24, 2.45) is 0 Å². The minimum Gasteiger partial charge on any atom is -0.207 e. The lowest BCUT2D eigenvalue weighted by molar-refractivity contribution is -0.135. The zero-order chi connectivity index (χ0) is 12.5. The van der Waals surface area contributed by atoms with Crippen LogP contribution < -0.4 is 0 Å². The van der Waals surface area contributed by atoms with Crippen LogP contribution in [0.15, 0.2) is 12.1 Å². The Balaban J connectivity index is 3.04. The molecular formula is C9H5ClF6. The van der Waals surface area contributed by atoms with Crippen molar-refractivity contribution >= 4 is 11.6 Å². The molecule has 0 saturated heterocycles. The maximum absolute atomic E-state index is 13.0. The molecule has 0 aliphatic carbocycles. The Morgan fingerprint density at radius 1 is 1.06 bits per heavy atom. The second-order valence-electron chi connectivity index (χ2n) is 3.07. The van der Waals surface area contributed by atoms with Crippen LogP contribution in [0.2, 0.25) is 0 Å². The Morgan fingerprint density at radius 2 is 1.50 bits per heavy atom. The first-order valence-corrected chi connectivity index (χ1v) is 4.49. The predicted molar refractivity (Wildman–Crippen MR) is 45.6 cm³/mol. The molecule has 0 spiro atoms. The third-order valence-electron chi connectivity index (χ3n) is 1.77. The van der Waals surface area contributed by atoms with Gasteiger partial charge in [-0.25, -0.2) is 13.2 Å². The highest BCUT2D eigenvalue weighted by Crippen LogP contribution is 2.36. The number of rotatable bonds is 2. The van der Waals surface area contributed by atoms with E-state index < -0.39 is 41.0 Å². The van der Waals surface area contributed by atoms with E-state index in [4.69, 9.17) is 11.6 Å². The van der Waals surface area contributed by atoms with Gasteiger partial charge < -0.3 is 0 Å². The fourth-order valence-corrected chi connectivity index (χ4v) is 1.54. The minimum atomic E-state index is -4.65. The molecule has 0 aliphatic rings. The second kappa shape index (κ2) is 4.53. The van der Waals surface area contributed by atoms with Gasteiger partial charge >= 0.3 is 6.18 Å². The van der Waals surface area contributed by atoms with Crippen LogP contribution in [-0.4, -0.2) is 6.18 Å². The van der Waals surface area contributed by atoms with E-state index in [9.17, 15) is 26.3 Å². The summed E-state index contributed by atoms with van der Waals surface area (Å²) in [4.78, 5) is 0. The van der Waals surface area contributed by atoms with Crippen molar-refractivity contribution < 1.29 is 26.3 Å². The second-order valence-corrected chi connectivity index (χ2v) is 3.60. The van der Waals surface area contributed by atoms with E-state index in [1.807, 2.05) is 0 Å². The van der Waals surface area contributed by atoms with E-state index in [0.717, 1.165) is 0 Å². The van der Waals surface area contributed by atoms with Crippen LogP contribution in [-0.2, 0) is 0 Å². The molecule has 90 valence electrons. The summed E-state index contributed by atoms with van der Waals surface area (Å²) in [7, 11) is 0. The van der Waals surface area contributed by atoms with E-state index in [0.29, 0.717) is 0 Å². The molecule has 0 nitrogen and oxygen atoms in total. The van der Waals surface area contributed by atoms with E-state index >= 15 is 0 Å². The van der Waals surface area contributed by atoms with Gasteiger partial charge in [-0.3, -0.25) is 0 Å². The van der Waals surface area contributed by atoms with Crippen LogP contribution in [0.25, 0.3) is 0 Å². The smallest absolute Gasteiger partial charge is 0.207 e. The van der Waals surface area contributed by atoms with Crippen LogP contribution in [0.3, 0.4) is 0 Å². The summed E-state index contributed by atoms with van der Waals surface area (Å²) >= 11 is 5.23. The zero-order valence-corrected chi connectivity index (χ0v) is 8.34. The first-order chi connectivity index (χ1) is 7.20. The molecule has 0 fully saturated rings. The molecule has 7 heteroatoms. The van der Waals surface area contributed by atoms with Gasteiger partial charge in [0.2, 0.25) is 0 Å². The summed E-state index contributed by atoms with van der Waals surface area (Å²) in [5.74, 6) is -4.07. The summed E-state index contributed by atoms with van der Waals surface area (Å²) in [6, 6.07) is 0.564. The van der Waals surface area contributed by atoms with Gasteiger partial charge in [0, 0.05) is 17.7 Å². The monoisotopic (exact) mass is 262 g/mol. The highest BCUT2D eigenvalue weighted by atomic mass is 35.5. The largest absolute Gasteiger partial charge is 0.390 e. The first-order valence-electron chi connectivity index (χ1n) is 4.06. The Morgan fingerprint density at radius 3 is 1.88 bits per heavy atom. The van der Waals surface area contributed by atoms with Crippen molar-refractivity contribution in [3.63, 3.8) is 0 Å². The Labute approximate surface area is 91.8 Å². The number of alkyl halides is 4. The van der Waals surface area contributed by atoms with Crippen molar-refractivity contribution in [2.75, 3.05) is 0 Å². The van der Waals surface area contributed by atoms with Gasteiger partial charge in [-0.1, -0.05) is 0 Å². The fraction of sp³-hybridized carbons (Fsp3) is 0.333.